The standard InChI is InChI=1S/C12H14BrFN2O.C12H14FN3O.C12H15FN2O.C12H17FN2O.C10H12BrFN2.2C10H13FN2/c1-8-15-7-11(16-8)9-2-3-12(10(13)6-9)17-5-4-14;13-4-7-17-11-3-1-2-10(8-11)9-16-12-14-5-6-15-12;1-9-14-8-12(15-9)10-2-4-11(5-3-10)16-7-6-13;1-9-7-11(8-15-10(2)14)3-4-12(9)16-6-5-13;1-7(13)14-6-8-2-3-9(5-12)10(11)4-8;2*1-7-5-9(3-4-10(7)11)6-13-8(2)12/h2-3,6,11,15-16H,1,4-5,7H2;1-3,5-6,8H,4,7,9H2,(H2,14,15,16);2-5,12,14-15H,1,6-8H2;3-4,7H,5-6,8H2,1-2H3,(H2,14,15);2-4H,5-6H2,1H3,(H2,13,14);2*3-5H,6H2,1-2H3,(H2,12,13). The molecule has 3 heterocycles. The predicted molar refractivity (Wildman–Crippen MR) is 421 cm³/mol. The van der Waals surface area contributed by atoms with Crippen molar-refractivity contribution in [3.63, 3.8) is 0 Å². The number of nitrogens with zero attached hydrogens (tertiary/aromatic N) is 5. The van der Waals surface area contributed by atoms with E-state index < -0.39 is 33.4 Å². The van der Waals surface area contributed by atoms with Crippen LogP contribution < -0.4 is 68.5 Å². The first-order chi connectivity index (χ1) is 50.8. The van der Waals surface area contributed by atoms with Crippen LogP contribution in [0.15, 0.2) is 206 Å². The molecule has 0 saturated carbocycles. The van der Waals surface area contributed by atoms with E-state index in [0.717, 1.165) is 84.3 Å². The van der Waals surface area contributed by atoms with Crippen molar-refractivity contribution in [1.82, 2.24) is 31.2 Å². The Bertz CT molecular complexity index is 4000. The first-order valence-corrected chi connectivity index (χ1v) is 35.3. The van der Waals surface area contributed by atoms with Gasteiger partial charge in [0, 0.05) is 36.5 Å². The number of aliphatic imine (C=N–C) groups is 4. The third-order valence-corrected chi connectivity index (χ3v) is 15.9. The minimum absolute atomic E-state index is 0.0813. The molecule has 8 aromatic rings. The van der Waals surface area contributed by atoms with E-state index in [2.05, 4.69) is 102 Å². The van der Waals surface area contributed by atoms with Crippen molar-refractivity contribution in [1.29, 1.82) is 0 Å². The molecule has 2 fully saturated rings. The molecule has 2 unspecified atom stereocenters. The number of alkyl halides is 5. The fourth-order valence-electron chi connectivity index (χ4n) is 9.27. The monoisotopic (exact) mass is 1600 g/mol. The van der Waals surface area contributed by atoms with Gasteiger partial charge in [0.2, 0.25) is 0 Å². The van der Waals surface area contributed by atoms with Crippen molar-refractivity contribution in [3.8, 4) is 23.0 Å². The third-order valence-electron chi connectivity index (χ3n) is 14.6. The maximum Gasteiger partial charge on any atom is 0.200 e. The first kappa shape index (κ1) is 88.2. The highest BCUT2D eigenvalue weighted by atomic mass is 79.9. The van der Waals surface area contributed by atoms with Gasteiger partial charge in [-0.3, -0.25) is 20.0 Å². The van der Waals surface area contributed by atoms with Crippen LogP contribution in [-0.2, 0) is 39.4 Å². The molecular weight excluding hydrogens is 1500 g/mol. The Morgan fingerprint density at radius 1 is 0.500 bits per heavy atom. The molecule has 0 aliphatic carbocycles. The normalized spacial score (nSPS) is 13.7. The average Bonchev–Trinajstić information content (AvgIpc) is 1.53. The van der Waals surface area contributed by atoms with Gasteiger partial charge in [0.1, 0.15) is 94.4 Å². The average molecular weight is 1600 g/mol. The van der Waals surface area contributed by atoms with Crippen molar-refractivity contribution < 1.29 is 49.7 Å². The zero-order valence-corrected chi connectivity index (χ0v) is 64.1. The summed E-state index contributed by atoms with van der Waals surface area (Å²) in [6, 6.07) is 42.5. The van der Waals surface area contributed by atoms with Crippen LogP contribution in [0.25, 0.3) is 0 Å². The van der Waals surface area contributed by atoms with Crippen molar-refractivity contribution in [2.75, 3.05) is 71.5 Å². The lowest BCUT2D eigenvalue weighted by Gasteiger charge is -2.12. The second kappa shape index (κ2) is 49.5. The van der Waals surface area contributed by atoms with Crippen molar-refractivity contribution in [2.24, 2.45) is 42.9 Å². The summed E-state index contributed by atoms with van der Waals surface area (Å²) in [6.45, 7) is 22.4. The number of ether oxygens (including phenoxy) is 4. The Balaban J connectivity index is 0.000000262. The largest absolute Gasteiger partial charge is 0.491 e. The number of aromatic amines is 1. The number of benzene rings is 7. The summed E-state index contributed by atoms with van der Waals surface area (Å²) in [7, 11) is 0. The second-order valence-corrected chi connectivity index (χ2v) is 25.3. The number of nitrogens with one attached hydrogen (secondary N) is 6. The number of aromatic nitrogens is 2. The summed E-state index contributed by atoms with van der Waals surface area (Å²) in [5.41, 5.74) is 31.9. The summed E-state index contributed by atoms with van der Waals surface area (Å²) in [4.78, 5) is 23.3. The number of hydrogen-bond acceptors (Lipinski definition) is 14. The van der Waals surface area contributed by atoms with Crippen LogP contribution in [0.3, 0.4) is 0 Å². The molecule has 2 saturated heterocycles. The zero-order chi connectivity index (χ0) is 77.8. The number of aryl methyl sites for hydroxylation is 3. The van der Waals surface area contributed by atoms with E-state index in [-0.39, 0.29) is 50.1 Å². The van der Waals surface area contributed by atoms with Gasteiger partial charge in [0.05, 0.1) is 77.7 Å². The van der Waals surface area contributed by atoms with Gasteiger partial charge in [0.15, 0.2) is 5.95 Å². The topological polar surface area (TPSA) is 279 Å². The lowest BCUT2D eigenvalue weighted by atomic mass is 10.1. The Morgan fingerprint density at radius 3 is 1.38 bits per heavy atom. The van der Waals surface area contributed by atoms with E-state index in [0.29, 0.717) is 90.0 Å². The minimum Gasteiger partial charge on any atom is -0.491 e. The van der Waals surface area contributed by atoms with E-state index in [4.69, 9.17) is 41.9 Å². The Morgan fingerprint density at radius 2 is 0.943 bits per heavy atom. The number of hydrogen-bond donors (Lipinski definition) is 10. The number of imidazole rings is 1. The quantitative estimate of drug-likeness (QED) is 0.0137. The molecule has 0 radical (unpaired) electrons. The van der Waals surface area contributed by atoms with Gasteiger partial charge < -0.3 is 73.5 Å². The van der Waals surface area contributed by atoms with Gasteiger partial charge in [-0.25, -0.2) is 35.7 Å². The highest BCUT2D eigenvalue weighted by Crippen LogP contribution is 2.30. The van der Waals surface area contributed by atoms with E-state index in [1.54, 1.807) is 84.3 Å². The summed E-state index contributed by atoms with van der Waals surface area (Å²) in [5, 5.41) is 15.9. The summed E-state index contributed by atoms with van der Waals surface area (Å²) in [5.74, 6) is 7.01. The smallest absolute Gasteiger partial charge is 0.200 e. The number of H-pyrrole nitrogens is 1. The van der Waals surface area contributed by atoms with Gasteiger partial charge in [-0.1, -0.05) is 108 Å². The van der Waals surface area contributed by atoms with Crippen LogP contribution in [0, 0.1) is 32.4 Å². The lowest BCUT2D eigenvalue weighted by molar-refractivity contribution is 0.272. The van der Waals surface area contributed by atoms with Crippen LogP contribution in [0.5, 0.6) is 23.0 Å². The molecule has 28 heteroatoms. The highest BCUT2D eigenvalue weighted by molar-refractivity contribution is 9.10. The minimum atomic E-state index is -0.484. The molecule has 572 valence electrons. The van der Waals surface area contributed by atoms with Crippen LogP contribution >= 0.6 is 31.9 Å². The molecule has 106 heavy (non-hydrogen) atoms. The summed E-state index contributed by atoms with van der Waals surface area (Å²) >= 11 is 6.72. The van der Waals surface area contributed by atoms with Crippen LogP contribution in [0.1, 0.15) is 101 Å². The maximum absolute atomic E-state index is 12.8. The number of anilines is 1. The van der Waals surface area contributed by atoms with Gasteiger partial charge >= 0.3 is 0 Å². The number of nitrogens with two attached hydrogens (primary N) is 4. The second-order valence-electron chi connectivity index (χ2n) is 23.6. The summed E-state index contributed by atoms with van der Waals surface area (Å²) < 4.78 is 108. The van der Waals surface area contributed by atoms with Gasteiger partial charge in [-0.15, -0.1) is 0 Å². The number of halogens is 9. The van der Waals surface area contributed by atoms with Gasteiger partial charge in [-0.05, 0) is 186 Å². The molecule has 10 rings (SSSR count). The molecule has 2 aliphatic heterocycles. The molecule has 0 amide bonds. The van der Waals surface area contributed by atoms with E-state index in [1.165, 1.54) is 17.7 Å². The fraction of sp³-hybridized carbons (Fsp3) is 0.321. The SMILES string of the molecule is C=C1NCC(c2ccc(OCCF)c(Br)c2)N1.C=C1NCC(c2ccc(OCCF)cc2)N1.CC(N)=NCc1ccc(CF)c(Br)c1.CC(N)=NCc1ccc(F)c(C)c1.CC(N)=NCc1ccc(F)c(C)c1.CC(N)=NCc1ccc(OCCF)c(C)c1.FCCOc1cccc(CNc2ncc[nH]2)c1. The van der Waals surface area contributed by atoms with Crippen LogP contribution in [0.4, 0.5) is 36.7 Å². The molecule has 14 N–H and O–H groups in total. The molecule has 0 bridgehead atoms. The maximum atomic E-state index is 12.8. The molecule has 1 aromatic heterocycles. The molecule has 2 aliphatic rings. The molecule has 7 aromatic carbocycles. The van der Waals surface area contributed by atoms with Gasteiger partial charge in [-0.2, -0.15) is 0 Å². The third kappa shape index (κ3) is 35.5. The van der Waals surface area contributed by atoms with E-state index in [9.17, 15) is 30.7 Å². The molecule has 2 atom stereocenters. The fourth-order valence-corrected chi connectivity index (χ4v) is 10.3. The van der Waals surface area contributed by atoms with Crippen molar-refractivity contribution >= 4 is 61.2 Å². The predicted octanol–water partition coefficient (Wildman–Crippen LogP) is 15.7. The lowest BCUT2D eigenvalue weighted by Crippen LogP contribution is -2.13. The summed E-state index contributed by atoms with van der Waals surface area (Å²) in [6.07, 6.45) is 3.44. The highest BCUT2D eigenvalue weighted by Gasteiger charge is 2.20. The van der Waals surface area contributed by atoms with Gasteiger partial charge in [0.25, 0.3) is 0 Å². The van der Waals surface area contributed by atoms with Crippen LogP contribution in [-0.4, -0.2) is 99.5 Å². The molecule has 19 nitrogen and oxygen atoms in total. The van der Waals surface area contributed by atoms with E-state index in [1.807, 2.05) is 104 Å². The molecular formula is C78H98Br2F7N15O4. The number of amidine groups is 4. The first-order valence-electron chi connectivity index (χ1n) is 33.7. The van der Waals surface area contributed by atoms with Crippen LogP contribution in [0.2, 0.25) is 0 Å². The van der Waals surface area contributed by atoms with Crippen molar-refractivity contribution in [3.05, 3.63) is 258 Å². The number of rotatable bonds is 26. The van der Waals surface area contributed by atoms with E-state index >= 15 is 0 Å². The molecule has 0 spiro atoms. The Kier molecular flexibility index (Phi) is 41.2. The zero-order valence-electron chi connectivity index (χ0n) is 60.9. The Hall–Kier alpha value is -10.2. The van der Waals surface area contributed by atoms with Crippen molar-refractivity contribution in [2.45, 2.75) is 99.9 Å². The Labute approximate surface area is 634 Å².